The molecule has 0 fully saturated rings. The Labute approximate surface area is 191 Å². The number of imide groups is 1. The number of esters is 1. The molecule has 0 spiro atoms. The molecule has 0 saturated carbocycles. The molecule has 166 valence electrons. The van der Waals surface area contributed by atoms with E-state index in [0.717, 1.165) is 16.0 Å². The molecule has 1 aliphatic heterocycles. The summed E-state index contributed by atoms with van der Waals surface area (Å²) in [7, 11) is 0. The fourth-order valence-electron chi connectivity index (χ4n) is 3.63. The van der Waals surface area contributed by atoms with Crippen LogP contribution in [0.4, 0.5) is 0 Å². The van der Waals surface area contributed by atoms with E-state index in [2.05, 4.69) is 0 Å². The Balaban J connectivity index is 1.38. The fourth-order valence-corrected chi connectivity index (χ4v) is 3.63. The molecule has 0 N–H and O–H groups in total. The van der Waals surface area contributed by atoms with Crippen LogP contribution in [0.3, 0.4) is 0 Å². The smallest absolute Gasteiger partial charge is 0.326 e. The molecule has 3 aromatic rings. The molecular weight excluding hydrogens is 420 g/mol. The van der Waals surface area contributed by atoms with Crippen LogP contribution in [0.2, 0.25) is 0 Å². The number of nitrogens with zero attached hydrogens (tertiary/aromatic N) is 2. The molecule has 3 amide bonds. The van der Waals surface area contributed by atoms with Gasteiger partial charge in [0.1, 0.15) is 6.54 Å². The van der Waals surface area contributed by atoms with Crippen molar-refractivity contribution in [2.45, 2.75) is 13.1 Å². The van der Waals surface area contributed by atoms with Gasteiger partial charge < -0.3 is 9.64 Å². The number of hydrogen-bond acceptors (Lipinski definition) is 5. The molecule has 4 rings (SSSR count). The van der Waals surface area contributed by atoms with Gasteiger partial charge in [0.25, 0.3) is 17.7 Å². The van der Waals surface area contributed by atoms with Crippen LogP contribution in [-0.2, 0) is 27.4 Å². The minimum Gasteiger partial charge on any atom is -0.454 e. The number of fused-ring (bicyclic) bond motifs is 1. The first-order valence-corrected chi connectivity index (χ1v) is 10.5. The van der Waals surface area contributed by atoms with E-state index in [-0.39, 0.29) is 17.0 Å². The third-order valence-corrected chi connectivity index (χ3v) is 5.31. The molecule has 7 nitrogen and oxygen atoms in total. The van der Waals surface area contributed by atoms with Crippen molar-refractivity contribution >= 4 is 23.7 Å². The quantitative estimate of drug-likeness (QED) is 0.396. The first-order chi connectivity index (χ1) is 16.0. The molecule has 1 heterocycles. The maximum atomic E-state index is 12.9. The maximum absolute atomic E-state index is 12.9. The average molecular weight is 442 g/mol. The third-order valence-electron chi connectivity index (χ3n) is 5.31. The van der Waals surface area contributed by atoms with Crippen molar-refractivity contribution in [3.8, 4) is 0 Å². The van der Waals surface area contributed by atoms with Crippen LogP contribution in [0.15, 0.2) is 84.9 Å². The van der Waals surface area contributed by atoms with Crippen LogP contribution in [-0.4, -0.2) is 46.6 Å². The molecule has 0 aromatic heterocycles. The topological polar surface area (TPSA) is 84.0 Å². The van der Waals surface area contributed by atoms with Crippen LogP contribution < -0.4 is 0 Å². The number of hydrogen-bond donors (Lipinski definition) is 0. The molecule has 7 heteroatoms. The summed E-state index contributed by atoms with van der Waals surface area (Å²) in [6.45, 7) is -0.326. The lowest BCUT2D eigenvalue weighted by Crippen LogP contribution is -2.38. The Morgan fingerprint density at radius 2 is 1.15 bits per heavy atom. The summed E-state index contributed by atoms with van der Waals surface area (Å²) < 4.78 is 5.14. The number of benzene rings is 3. The van der Waals surface area contributed by atoms with Crippen molar-refractivity contribution in [2.75, 3.05) is 13.2 Å². The summed E-state index contributed by atoms with van der Waals surface area (Å²) >= 11 is 0. The summed E-state index contributed by atoms with van der Waals surface area (Å²) in [6, 6.07) is 25.4. The number of carbonyl (C=O) groups is 4. The second kappa shape index (κ2) is 9.91. The van der Waals surface area contributed by atoms with Crippen molar-refractivity contribution in [2.24, 2.45) is 0 Å². The molecule has 33 heavy (non-hydrogen) atoms. The summed E-state index contributed by atoms with van der Waals surface area (Å²) in [6.07, 6.45) is 0. The Morgan fingerprint density at radius 1 is 0.697 bits per heavy atom. The van der Waals surface area contributed by atoms with Crippen molar-refractivity contribution in [3.63, 3.8) is 0 Å². The van der Waals surface area contributed by atoms with Crippen LogP contribution >= 0.6 is 0 Å². The van der Waals surface area contributed by atoms with E-state index in [9.17, 15) is 19.2 Å². The van der Waals surface area contributed by atoms with E-state index in [0.29, 0.717) is 13.1 Å². The summed E-state index contributed by atoms with van der Waals surface area (Å²) in [5, 5.41) is 0. The largest absolute Gasteiger partial charge is 0.454 e. The maximum Gasteiger partial charge on any atom is 0.326 e. The minimum absolute atomic E-state index is 0.253. The number of rotatable bonds is 8. The molecular formula is C26H22N2O5. The zero-order valence-corrected chi connectivity index (χ0v) is 17.8. The second-order valence-electron chi connectivity index (χ2n) is 7.62. The lowest BCUT2D eigenvalue weighted by atomic mass is 10.1. The van der Waals surface area contributed by atoms with Crippen molar-refractivity contribution in [1.29, 1.82) is 0 Å². The van der Waals surface area contributed by atoms with Gasteiger partial charge in [-0.1, -0.05) is 72.8 Å². The molecule has 0 radical (unpaired) electrons. The van der Waals surface area contributed by atoms with Gasteiger partial charge in [-0.2, -0.15) is 0 Å². The van der Waals surface area contributed by atoms with Crippen molar-refractivity contribution < 1.29 is 23.9 Å². The van der Waals surface area contributed by atoms with Gasteiger partial charge in [-0.3, -0.25) is 24.1 Å². The van der Waals surface area contributed by atoms with Gasteiger partial charge in [-0.25, -0.2) is 0 Å². The lowest BCUT2D eigenvalue weighted by Gasteiger charge is -2.23. The SMILES string of the molecule is O=C(CN1C(=O)c2ccccc2C1=O)OCC(=O)N(Cc1ccccc1)Cc1ccccc1. The number of carbonyl (C=O) groups excluding carboxylic acids is 4. The van der Waals surface area contributed by atoms with Crippen LogP contribution in [0, 0.1) is 0 Å². The second-order valence-corrected chi connectivity index (χ2v) is 7.62. The van der Waals surface area contributed by atoms with Gasteiger partial charge >= 0.3 is 5.97 Å². The zero-order valence-electron chi connectivity index (χ0n) is 17.8. The monoisotopic (exact) mass is 442 g/mol. The summed E-state index contributed by atoms with van der Waals surface area (Å²) in [5.74, 6) is -2.29. The first kappa shape index (κ1) is 22.0. The highest BCUT2D eigenvalue weighted by atomic mass is 16.5. The van der Waals surface area contributed by atoms with Gasteiger partial charge in [0.05, 0.1) is 11.1 Å². The van der Waals surface area contributed by atoms with Gasteiger partial charge in [-0.05, 0) is 23.3 Å². The van der Waals surface area contributed by atoms with Crippen molar-refractivity contribution in [1.82, 2.24) is 9.80 Å². The van der Waals surface area contributed by atoms with Crippen LogP contribution in [0.25, 0.3) is 0 Å². The summed E-state index contributed by atoms with van der Waals surface area (Å²) in [4.78, 5) is 52.5. The van der Waals surface area contributed by atoms with Crippen LogP contribution in [0.5, 0.6) is 0 Å². The Hall–Kier alpha value is -4.26. The number of ether oxygens (including phenoxy) is 1. The normalized spacial score (nSPS) is 12.4. The van der Waals surface area contributed by atoms with Gasteiger partial charge in [0, 0.05) is 13.1 Å². The first-order valence-electron chi connectivity index (χ1n) is 10.5. The summed E-state index contributed by atoms with van der Waals surface area (Å²) in [5.41, 5.74) is 2.39. The number of amides is 3. The van der Waals surface area contributed by atoms with E-state index < -0.39 is 30.9 Å². The standard InChI is InChI=1S/C26H22N2O5/c29-23(27(15-19-9-3-1-4-10-19)16-20-11-5-2-6-12-20)18-33-24(30)17-28-25(31)21-13-7-8-14-22(21)26(28)32/h1-14H,15-18H2. The average Bonchev–Trinajstić information content (AvgIpc) is 3.08. The molecule has 3 aromatic carbocycles. The fraction of sp³-hybridized carbons (Fsp3) is 0.154. The molecule has 1 aliphatic rings. The van der Waals surface area contributed by atoms with Gasteiger partial charge in [0.15, 0.2) is 6.61 Å². The van der Waals surface area contributed by atoms with Gasteiger partial charge in [-0.15, -0.1) is 0 Å². The lowest BCUT2D eigenvalue weighted by molar-refractivity contribution is -0.152. The van der Waals surface area contributed by atoms with Gasteiger partial charge in [0.2, 0.25) is 0 Å². The zero-order chi connectivity index (χ0) is 23.2. The van der Waals surface area contributed by atoms with E-state index in [1.54, 1.807) is 17.0 Å². The predicted molar refractivity (Wildman–Crippen MR) is 120 cm³/mol. The Morgan fingerprint density at radius 3 is 1.64 bits per heavy atom. The molecule has 0 unspecified atom stereocenters. The van der Waals surface area contributed by atoms with E-state index in [1.807, 2.05) is 60.7 Å². The van der Waals surface area contributed by atoms with E-state index in [4.69, 9.17) is 4.74 Å². The van der Waals surface area contributed by atoms with Crippen molar-refractivity contribution in [3.05, 3.63) is 107 Å². The highest BCUT2D eigenvalue weighted by Crippen LogP contribution is 2.22. The molecule has 0 saturated heterocycles. The highest BCUT2D eigenvalue weighted by Gasteiger charge is 2.36. The third kappa shape index (κ3) is 5.15. The predicted octanol–water partition coefficient (Wildman–Crippen LogP) is 3.05. The van der Waals surface area contributed by atoms with E-state index >= 15 is 0 Å². The van der Waals surface area contributed by atoms with E-state index in [1.165, 1.54) is 12.1 Å². The Kier molecular flexibility index (Phi) is 6.59. The minimum atomic E-state index is -0.822. The van der Waals surface area contributed by atoms with Crippen LogP contribution in [0.1, 0.15) is 31.8 Å². The molecule has 0 atom stereocenters. The Bertz CT molecular complexity index is 1100. The molecule has 0 aliphatic carbocycles. The highest BCUT2D eigenvalue weighted by molar-refractivity contribution is 6.22. The molecule has 0 bridgehead atoms.